The number of aromatic nitrogens is 3. The molecule has 0 radical (unpaired) electrons. The molecule has 0 aliphatic carbocycles. The van der Waals surface area contributed by atoms with Crippen molar-refractivity contribution in [2.75, 3.05) is 43.8 Å². The number of carbonyl (C=O) groups is 2. The Morgan fingerprint density at radius 1 is 0.980 bits per heavy atom. The van der Waals surface area contributed by atoms with Crippen molar-refractivity contribution in [3.8, 4) is 11.6 Å². The molecule has 278 valence electrons. The number of aliphatic carboxylic acids is 1. The Kier molecular flexibility index (Phi) is 11.9. The van der Waals surface area contributed by atoms with Gasteiger partial charge < -0.3 is 29.0 Å². The maximum atomic E-state index is 13.9. The lowest BCUT2D eigenvalue weighted by molar-refractivity contribution is -0.149. The summed E-state index contributed by atoms with van der Waals surface area (Å²) >= 11 is 0. The zero-order chi connectivity index (χ0) is 37.7. The van der Waals surface area contributed by atoms with E-state index in [4.69, 9.17) is 18.9 Å². The maximum absolute atomic E-state index is 13.9. The summed E-state index contributed by atoms with van der Waals surface area (Å²) in [7, 11) is 2.82. The average molecular weight is 730 g/mol. The fourth-order valence-electron chi connectivity index (χ4n) is 5.33. The van der Waals surface area contributed by atoms with Crippen LogP contribution < -0.4 is 19.3 Å². The highest BCUT2D eigenvalue weighted by Gasteiger charge is 2.43. The van der Waals surface area contributed by atoms with Crippen molar-refractivity contribution in [1.82, 2.24) is 15.0 Å². The minimum absolute atomic E-state index is 0.0294. The molecule has 1 N–H and O–H groups in total. The largest absolute Gasteiger partial charge is 0.488 e. The number of pyridine rings is 1. The number of hydrogen-bond donors (Lipinski definition) is 1. The third-order valence-corrected chi connectivity index (χ3v) is 8.13. The molecule has 1 unspecified atom stereocenters. The Hall–Kier alpha value is -4.87. The molecule has 12 nitrogen and oxygen atoms in total. The number of nitrogens with zero attached hydrogens (tertiary/aromatic N) is 5. The predicted molar refractivity (Wildman–Crippen MR) is 170 cm³/mol. The van der Waals surface area contributed by atoms with Crippen molar-refractivity contribution >= 4 is 23.7 Å². The van der Waals surface area contributed by atoms with E-state index in [9.17, 15) is 41.0 Å². The Morgan fingerprint density at radius 2 is 1.61 bits per heavy atom. The highest BCUT2D eigenvalue weighted by Crippen LogP contribution is 2.44. The van der Waals surface area contributed by atoms with E-state index in [0.29, 0.717) is 18.6 Å². The average Bonchev–Trinajstić information content (AvgIpc) is 3.08. The third kappa shape index (κ3) is 9.28. The van der Waals surface area contributed by atoms with Gasteiger partial charge in [0, 0.05) is 25.8 Å². The number of hydrogen-bond acceptors (Lipinski definition) is 10. The van der Waals surface area contributed by atoms with Crippen LogP contribution in [0.1, 0.15) is 62.0 Å². The van der Waals surface area contributed by atoms with E-state index in [0.717, 1.165) is 0 Å². The normalized spacial score (nSPS) is 16.3. The van der Waals surface area contributed by atoms with Crippen LogP contribution in [0.4, 0.5) is 42.8 Å². The van der Waals surface area contributed by atoms with Crippen LogP contribution in [0, 0.1) is 5.41 Å². The number of benzene rings is 1. The van der Waals surface area contributed by atoms with Gasteiger partial charge in [0.25, 0.3) is 0 Å². The number of halogens is 6. The molecular formula is C33H37F6N5O7. The van der Waals surface area contributed by atoms with Gasteiger partial charge in [-0.25, -0.2) is 19.7 Å². The number of anilines is 2. The molecule has 0 saturated carbocycles. The number of methoxy groups -OCH3 is 2. The maximum Gasteiger partial charge on any atom is 0.416 e. The predicted octanol–water partition coefficient (Wildman–Crippen LogP) is 6.93. The number of alkyl halides is 6. The first kappa shape index (κ1) is 38.9. The summed E-state index contributed by atoms with van der Waals surface area (Å²) in [5.74, 6) is -0.963. The van der Waals surface area contributed by atoms with Crippen LogP contribution in [0.5, 0.6) is 11.6 Å². The van der Waals surface area contributed by atoms with Gasteiger partial charge in [0.05, 0.1) is 60.1 Å². The number of amides is 1. The molecule has 2 aromatic heterocycles. The third-order valence-electron chi connectivity index (χ3n) is 8.13. The molecule has 18 heteroatoms. The summed E-state index contributed by atoms with van der Waals surface area (Å²) in [5, 5.41) is 9.51. The monoisotopic (exact) mass is 729 g/mol. The van der Waals surface area contributed by atoms with E-state index in [2.05, 4.69) is 15.0 Å². The minimum atomic E-state index is -5.09. The lowest BCUT2D eigenvalue weighted by Crippen LogP contribution is -2.49. The van der Waals surface area contributed by atoms with Crippen molar-refractivity contribution in [3.63, 3.8) is 0 Å². The van der Waals surface area contributed by atoms with Gasteiger partial charge in [-0.2, -0.15) is 26.3 Å². The highest BCUT2D eigenvalue weighted by atomic mass is 19.4. The Balaban J connectivity index is 1.87. The molecule has 4 rings (SSSR count). The fourth-order valence-corrected chi connectivity index (χ4v) is 5.33. The SMILES string of the molecule is CC[C@@H]1CC(N(Cc2cc(C(F)(F)F)cc(C(F)(F)F)c2)c2ncc(OCCOC)cn2)c2nc(OC)ccc2N1C(=O)OCC(C)(C)C(=O)O. The first-order chi connectivity index (χ1) is 23.9. The van der Waals surface area contributed by atoms with Gasteiger partial charge in [0.15, 0.2) is 5.75 Å². The van der Waals surface area contributed by atoms with Gasteiger partial charge in [-0.15, -0.1) is 0 Å². The van der Waals surface area contributed by atoms with Gasteiger partial charge in [-0.05, 0) is 56.5 Å². The fraction of sp³-hybridized carbons (Fsp3) is 0.485. The first-order valence-corrected chi connectivity index (χ1v) is 15.6. The number of rotatable bonds is 13. The number of ether oxygens (including phenoxy) is 4. The van der Waals surface area contributed by atoms with E-state index < -0.39 is 66.2 Å². The van der Waals surface area contributed by atoms with Crippen molar-refractivity contribution in [3.05, 3.63) is 65.1 Å². The summed E-state index contributed by atoms with van der Waals surface area (Å²) in [6.45, 7) is 3.93. The summed E-state index contributed by atoms with van der Waals surface area (Å²) in [6, 6.07) is 2.66. The van der Waals surface area contributed by atoms with Crippen molar-refractivity contribution in [2.24, 2.45) is 5.41 Å². The van der Waals surface area contributed by atoms with Crippen LogP contribution in [0.3, 0.4) is 0 Å². The molecule has 0 spiro atoms. The number of fused-ring (bicyclic) bond motifs is 1. The summed E-state index contributed by atoms with van der Waals surface area (Å²) in [5.41, 5.74) is -4.41. The lowest BCUT2D eigenvalue weighted by Gasteiger charge is -2.43. The number of carbonyl (C=O) groups excluding carboxylic acids is 1. The molecule has 0 fully saturated rings. The molecule has 51 heavy (non-hydrogen) atoms. The van der Waals surface area contributed by atoms with Gasteiger partial charge in [0.2, 0.25) is 11.8 Å². The van der Waals surface area contributed by atoms with Crippen LogP contribution in [0.15, 0.2) is 42.7 Å². The molecular weight excluding hydrogens is 692 g/mol. The molecule has 1 aromatic carbocycles. The molecule has 0 saturated heterocycles. The van der Waals surface area contributed by atoms with Gasteiger partial charge in [0.1, 0.15) is 13.2 Å². The summed E-state index contributed by atoms with van der Waals surface area (Å²) in [4.78, 5) is 41.2. The van der Waals surface area contributed by atoms with Crippen molar-refractivity contribution < 1.29 is 60.0 Å². The van der Waals surface area contributed by atoms with Crippen molar-refractivity contribution in [2.45, 2.75) is 64.6 Å². The second kappa shape index (κ2) is 15.6. The zero-order valence-electron chi connectivity index (χ0n) is 28.3. The Bertz CT molecular complexity index is 1660. The van der Waals surface area contributed by atoms with Crippen LogP contribution in [0.25, 0.3) is 0 Å². The smallest absolute Gasteiger partial charge is 0.416 e. The Morgan fingerprint density at radius 3 is 2.14 bits per heavy atom. The number of carboxylic acids is 1. The van der Waals surface area contributed by atoms with E-state index in [1.54, 1.807) is 6.92 Å². The van der Waals surface area contributed by atoms with E-state index >= 15 is 0 Å². The van der Waals surface area contributed by atoms with Gasteiger partial charge in [-0.1, -0.05) is 6.92 Å². The van der Waals surface area contributed by atoms with Crippen LogP contribution in [0.2, 0.25) is 0 Å². The molecule has 1 amide bonds. The number of carboxylic acid groups (broad SMARTS) is 1. The molecule has 3 aromatic rings. The van der Waals surface area contributed by atoms with Crippen LogP contribution in [-0.4, -0.2) is 72.2 Å². The molecule has 3 heterocycles. The quantitative estimate of drug-likeness (QED) is 0.145. The highest BCUT2D eigenvalue weighted by molar-refractivity contribution is 5.90. The van der Waals surface area contributed by atoms with E-state index in [1.165, 1.54) is 62.4 Å². The van der Waals surface area contributed by atoms with E-state index in [1.807, 2.05) is 0 Å². The van der Waals surface area contributed by atoms with Crippen molar-refractivity contribution in [1.29, 1.82) is 0 Å². The summed E-state index contributed by atoms with van der Waals surface area (Å²) < 4.78 is 104. The molecule has 1 aliphatic rings. The van der Waals surface area contributed by atoms with Crippen LogP contribution in [-0.2, 0) is 33.2 Å². The second-order valence-corrected chi connectivity index (χ2v) is 12.3. The van der Waals surface area contributed by atoms with Gasteiger partial charge >= 0.3 is 24.4 Å². The summed E-state index contributed by atoms with van der Waals surface area (Å²) in [6.07, 6.45) is -8.12. The minimum Gasteiger partial charge on any atom is -0.488 e. The van der Waals surface area contributed by atoms with Crippen LogP contribution >= 0.6 is 0 Å². The zero-order valence-corrected chi connectivity index (χ0v) is 28.3. The molecule has 0 bridgehead atoms. The Labute approximate surface area is 289 Å². The molecule has 1 aliphatic heterocycles. The topological polar surface area (TPSA) is 136 Å². The van der Waals surface area contributed by atoms with E-state index in [-0.39, 0.29) is 60.2 Å². The lowest BCUT2D eigenvalue weighted by atomic mass is 9.91. The second-order valence-electron chi connectivity index (χ2n) is 12.3. The molecule has 2 atom stereocenters. The standard InChI is InChI=1S/C33H37F6N5O7/c1-6-22-14-25(27-24(7-8-26(42-27)49-5)44(22)30(47)51-18-31(2,3)28(45)46)43(29-40-15-23(16-41-29)50-10-9-48-4)17-19-11-20(32(34,35)36)13-21(12-19)33(37,38)39/h7-8,11-13,15-16,22,25H,6,9-10,14,17-18H2,1-5H3,(H,45,46)/t22-,25?/m1/s1. The first-order valence-electron chi connectivity index (χ1n) is 15.6. The van der Waals surface area contributed by atoms with Gasteiger partial charge in [-0.3, -0.25) is 9.69 Å².